The number of hydrogen-bond donors (Lipinski definition) is 0. The van der Waals surface area contributed by atoms with Crippen molar-refractivity contribution < 1.29 is 14.2 Å². The highest BCUT2D eigenvalue weighted by molar-refractivity contribution is 5.72. The van der Waals surface area contributed by atoms with Gasteiger partial charge in [0.1, 0.15) is 11.4 Å². The van der Waals surface area contributed by atoms with Gasteiger partial charge in [-0.3, -0.25) is 15.1 Å². The molecule has 2 aromatic carbocycles. The molecular weight excluding hydrogens is 436 g/mol. The highest BCUT2D eigenvalue weighted by Crippen LogP contribution is 2.34. The SMILES string of the molecule is COc1ccc(N2CCN(c3ccc(-c4noc(-c5ccncc5)n4)cc3[N+](=O)[O-])CC2)cc1. The van der Waals surface area contributed by atoms with Crippen LogP contribution < -0.4 is 14.5 Å². The molecular formula is C24H22N6O4. The topological polar surface area (TPSA) is 111 Å². The number of aromatic nitrogens is 3. The van der Waals surface area contributed by atoms with Gasteiger partial charge in [-0.25, -0.2) is 0 Å². The summed E-state index contributed by atoms with van der Waals surface area (Å²) in [5, 5.41) is 15.9. The zero-order valence-corrected chi connectivity index (χ0v) is 18.5. The number of benzene rings is 2. The predicted molar refractivity (Wildman–Crippen MR) is 127 cm³/mol. The highest BCUT2D eigenvalue weighted by Gasteiger charge is 2.25. The van der Waals surface area contributed by atoms with Gasteiger partial charge in [-0.2, -0.15) is 4.98 Å². The Balaban J connectivity index is 1.34. The molecule has 0 radical (unpaired) electrons. The number of hydrogen-bond acceptors (Lipinski definition) is 9. The Morgan fingerprint density at radius 3 is 2.32 bits per heavy atom. The fraction of sp³-hybridized carbons (Fsp3) is 0.208. The summed E-state index contributed by atoms with van der Waals surface area (Å²) in [5.41, 5.74) is 2.96. The van der Waals surface area contributed by atoms with Crippen molar-refractivity contribution in [3.8, 4) is 28.6 Å². The zero-order valence-electron chi connectivity index (χ0n) is 18.5. The molecule has 10 nitrogen and oxygen atoms in total. The molecule has 0 saturated carbocycles. The fourth-order valence-corrected chi connectivity index (χ4v) is 4.03. The van der Waals surface area contributed by atoms with Crippen LogP contribution in [0.4, 0.5) is 17.1 Å². The van der Waals surface area contributed by atoms with Gasteiger partial charge in [-0.1, -0.05) is 5.16 Å². The molecule has 0 unspecified atom stereocenters. The molecule has 0 amide bonds. The van der Waals surface area contributed by atoms with Crippen LogP contribution in [-0.2, 0) is 0 Å². The first kappa shape index (κ1) is 21.4. The summed E-state index contributed by atoms with van der Waals surface area (Å²) in [5.74, 6) is 1.44. The van der Waals surface area contributed by atoms with Gasteiger partial charge in [0.2, 0.25) is 5.82 Å². The minimum atomic E-state index is -0.363. The third-order valence-corrected chi connectivity index (χ3v) is 5.84. The Morgan fingerprint density at radius 1 is 0.941 bits per heavy atom. The van der Waals surface area contributed by atoms with Gasteiger partial charge in [-0.05, 0) is 48.5 Å². The molecule has 4 aromatic rings. The van der Waals surface area contributed by atoms with Crippen molar-refractivity contribution in [3.63, 3.8) is 0 Å². The number of methoxy groups -OCH3 is 1. The molecule has 0 aliphatic carbocycles. The molecule has 5 rings (SSSR count). The van der Waals surface area contributed by atoms with Crippen LogP contribution in [0.15, 0.2) is 71.5 Å². The second kappa shape index (κ2) is 9.18. The van der Waals surface area contributed by atoms with E-state index in [0.717, 1.165) is 30.1 Å². The molecule has 1 aliphatic heterocycles. The van der Waals surface area contributed by atoms with Crippen molar-refractivity contribution in [3.05, 3.63) is 77.1 Å². The Hall–Kier alpha value is -4.47. The van der Waals surface area contributed by atoms with Crippen LogP contribution in [0.3, 0.4) is 0 Å². The van der Waals surface area contributed by atoms with E-state index in [-0.39, 0.29) is 10.6 Å². The monoisotopic (exact) mass is 458 g/mol. The van der Waals surface area contributed by atoms with Crippen LogP contribution in [-0.4, -0.2) is 53.3 Å². The Bertz CT molecular complexity index is 1280. The molecule has 0 atom stereocenters. The fourth-order valence-electron chi connectivity index (χ4n) is 4.03. The number of piperazine rings is 1. The lowest BCUT2D eigenvalue weighted by Crippen LogP contribution is -2.46. The summed E-state index contributed by atoms with van der Waals surface area (Å²) in [6.45, 7) is 2.85. The highest BCUT2D eigenvalue weighted by atomic mass is 16.6. The van der Waals surface area contributed by atoms with E-state index in [1.54, 1.807) is 43.8 Å². The lowest BCUT2D eigenvalue weighted by molar-refractivity contribution is -0.384. The van der Waals surface area contributed by atoms with E-state index >= 15 is 0 Å². The second-order valence-electron chi connectivity index (χ2n) is 7.79. The number of anilines is 2. The number of rotatable bonds is 6. The maximum absolute atomic E-state index is 11.9. The minimum absolute atomic E-state index is 0.0191. The number of ether oxygens (including phenoxy) is 1. The van der Waals surface area contributed by atoms with E-state index in [2.05, 4.69) is 20.0 Å². The van der Waals surface area contributed by atoms with E-state index in [1.165, 1.54) is 6.07 Å². The Kier molecular flexibility index (Phi) is 5.77. The van der Waals surface area contributed by atoms with Gasteiger partial charge in [-0.15, -0.1) is 0 Å². The zero-order chi connectivity index (χ0) is 23.5. The van der Waals surface area contributed by atoms with Gasteiger partial charge in [0.15, 0.2) is 0 Å². The van der Waals surface area contributed by atoms with E-state index in [9.17, 15) is 10.1 Å². The molecule has 1 saturated heterocycles. The van der Waals surface area contributed by atoms with Crippen LogP contribution >= 0.6 is 0 Å². The van der Waals surface area contributed by atoms with Gasteiger partial charge in [0.05, 0.1) is 12.0 Å². The number of pyridine rings is 1. The summed E-state index contributed by atoms with van der Waals surface area (Å²) >= 11 is 0. The van der Waals surface area contributed by atoms with Crippen molar-refractivity contribution in [2.24, 2.45) is 0 Å². The number of nitro benzene ring substituents is 1. The van der Waals surface area contributed by atoms with Gasteiger partial charge < -0.3 is 19.1 Å². The standard InChI is InChI=1S/C24H22N6O4/c1-33-20-5-3-19(4-6-20)28-12-14-29(15-13-28)21-7-2-18(16-22(21)30(31)32)23-26-24(34-27-23)17-8-10-25-11-9-17/h2-11,16H,12-15H2,1H3. The maximum atomic E-state index is 11.9. The smallest absolute Gasteiger partial charge is 0.293 e. The van der Waals surface area contributed by atoms with E-state index < -0.39 is 0 Å². The Morgan fingerprint density at radius 2 is 1.65 bits per heavy atom. The molecule has 0 N–H and O–H groups in total. The van der Waals surface area contributed by atoms with Crippen molar-refractivity contribution >= 4 is 17.1 Å². The van der Waals surface area contributed by atoms with Crippen LogP contribution in [0.25, 0.3) is 22.8 Å². The van der Waals surface area contributed by atoms with Crippen molar-refractivity contribution in [1.29, 1.82) is 0 Å². The normalized spacial score (nSPS) is 13.7. The van der Waals surface area contributed by atoms with Crippen molar-refractivity contribution in [1.82, 2.24) is 15.1 Å². The molecule has 34 heavy (non-hydrogen) atoms. The summed E-state index contributed by atoms with van der Waals surface area (Å²) in [4.78, 5) is 24.2. The largest absolute Gasteiger partial charge is 0.497 e. The van der Waals surface area contributed by atoms with Crippen LogP contribution in [0.1, 0.15) is 0 Å². The van der Waals surface area contributed by atoms with Crippen molar-refractivity contribution in [2.75, 3.05) is 43.1 Å². The van der Waals surface area contributed by atoms with Gasteiger partial charge >= 0.3 is 0 Å². The molecule has 2 aromatic heterocycles. The predicted octanol–water partition coefficient (Wildman–Crippen LogP) is 4.04. The first-order valence-electron chi connectivity index (χ1n) is 10.8. The van der Waals surface area contributed by atoms with Crippen LogP contribution in [0, 0.1) is 10.1 Å². The summed E-state index contributed by atoms with van der Waals surface area (Å²) in [6.07, 6.45) is 3.26. The molecule has 172 valence electrons. The number of nitrogens with zero attached hydrogens (tertiary/aromatic N) is 6. The minimum Gasteiger partial charge on any atom is -0.497 e. The lowest BCUT2D eigenvalue weighted by Gasteiger charge is -2.37. The van der Waals surface area contributed by atoms with Crippen molar-refractivity contribution in [2.45, 2.75) is 0 Å². The molecule has 3 heterocycles. The maximum Gasteiger partial charge on any atom is 0.293 e. The summed E-state index contributed by atoms with van der Waals surface area (Å²) in [6, 6.07) is 16.5. The Labute approximate surface area is 195 Å². The first-order valence-corrected chi connectivity index (χ1v) is 10.8. The van der Waals surface area contributed by atoms with E-state index in [1.807, 2.05) is 29.2 Å². The van der Waals surface area contributed by atoms with Crippen LogP contribution in [0.5, 0.6) is 5.75 Å². The third-order valence-electron chi connectivity index (χ3n) is 5.84. The molecule has 0 bridgehead atoms. The lowest BCUT2D eigenvalue weighted by atomic mass is 10.1. The summed E-state index contributed by atoms with van der Waals surface area (Å²) in [7, 11) is 1.64. The molecule has 10 heteroatoms. The van der Waals surface area contributed by atoms with E-state index in [0.29, 0.717) is 36.1 Å². The first-order chi connectivity index (χ1) is 16.6. The average Bonchev–Trinajstić information content (AvgIpc) is 3.39. The molecule has 1 aliphatic rings. The molecule has 1 fully saturated rings. The summed E-state index contributed by atoms with van der Waals surface area (Å²) < 4.78 is 10.6. The van der Waals surface area contributed by atoms with Gasteiger partial charge in [0.25, 0.3) is 11.6 Å². The third kappa shape index (κ3) is 4.25. The van der Waals surface area contributed by atoms with Crippen LogP contribution in [0.2, 0.25) is 0 Å². The average molecular weight is 458 g/mol. The van der Waals surface area contributed by atoms with Gasteiger partial charge in [0, 0.05) is 61.5 Å². The van der Waals surface area contributed by atoms with E-state index in [4.69, 9.17) is 9.26 Å². The number of nitro groups is 1. The molecule has 0 spiro atoms. The second-order valence-corrected chi connectivity index (χ2v) is 7.79. The quantitative estimate of drug-likeness (QED) is 0.312.